The van der Waals surface area contributed by atoms with Crippen molar-refractivity contribution < 1.29 is 75.0 Å². The minimum atomic E-state index is -0.925. The van der Waals surface area contributed by atoms with Gasteiger partial charge in [-0.05, 0) is 243 Å². The fraction of sp³-hybridized carbons (Fsp3) is 0.515. The lowest BCUT2D eigenvalue weighted by atomic mass is 9.69. The minimum absolute atomic E-state index is 0.0230. The van der Waals surface area contributed by atoms with Gasteiger partial charge in [0.2, 0.25) is 0 Å². The van der Waals surface area contributed by atoms with E-state index in [1.54, 1.807) is 126 Å². The largest absolute Gasteiger partial charge is 0.444 e. The van der Waals surface area contributed by atoms with Crippen LogP contribution in [0.3, 0.4) is 0 Å². The lowest BCUT2D eigenvalue weighted by Crippen LogP contribution is -2.42. The standard InChI is InChI=1S/C22H24FNO2S.2C19H24FN3O4S.C14H17FN2S.C14H17FO.C13H18FNO/c1-15-11-17(14-25)22(12-15,18-9-5-6-10-19(18)23)13-20(27)24-21(26)16-7-3-2-4-8-16;2*1-11-7-12-10-28-16(21-17(24)27-18(2,3)4)22-19(12,9-11)14-8-13(23(25)26)5-6-15(14)20;1-9-6-10-8-18-13(16)17-14(10,7-9)11-4-2-3-5-12(11)15;1-10-6-11-8-16-9-14(11,7-10)12-4-2-3-5-13(12)15;1-9-6-10(8-16)13(15,7-9)11-4-2-3-5-12(11)14/h2-10,15,17,25H,11-14H2,1H3,(H,24,26,27);2*5-6,8,11-12H,7,9-10H2,1-4H3,(H,21,22,24);2-5,9-10H,6-8H2,1H3,(H2,16,17);2-5,10-11H,6-9H2,1H3;2-5,9-10,16H,6-8,15H2,1H3/t15-,17-,22-;2*11-,12-,19-;9-,10-,14-;10-,11-,14-;9-,10-,13-/m000000/s1. The Kier molecular flexibility index (Phi) is 33.2. The van der Waals surface area contributed by atoms with Crippen molar-refractivity contribution in [2.24, 2.45) is 97.5 Å². The van der Waals surface area contributed by atoms with Gasteiger partial charge in [0.05, 0.1) is 44.7 Å². The van der Waals surface area contributed by atoms with Gasteiger partial charge in [0, 0.05) is 111 Å². The second kappa shape index (κ2) is 43.0. The molecule has 7 fully saturated rings. The highest BCUT2D eigenvalue weighted by Crippen LogP contribution is 2.59. The first-order chi connectivity index (χ1) is 62.9. The lowest BCUT2D eigenvalue weighted by Gasteiger charge is -2.36. The number of amides is 3. The number of aliphatic hydroxyl groups is 2. The summed E-state index contributed by atoms with van der Waals surface area (Å²) in [5, 5.41) is 51.2. The van der Waals surface area contributed by atoms with Crippen LogP contribution in [0.1, 0.15) is 210 Å². The van der Waals surface area contributed by atoms with Crippen molar-refractivity contribution >= 4 is 97.5 Å². The van der Waals surface area contributed by atoms with E-state index >= 15 is 0 Å². The second-order valence-electron chi connectivity index (χ2n) is 40.1. The first kappa shape index (κ1) is 103. The molecule has 6 saturated carbocycles. The highest BCUT2D eigenvalue weighted by Gasteiger charge is 2.57. The number of hydrogen-bond donors (Lipinski definition) is 7. The fourth-order valence-electron chi connectivity index (χ4n) is 22.5. The summed E-state index contributed by atoms with van der Waals surface area (Å²) >= 11 is 9.86. The number of fused-ring (bicyclic) bond motifs is 4. The van der Waals surface area contributed by atoms with Gasteiger partial charge in [0.1, 0.15) is 46.1 Å². The van der Waals surface area contributed by atoms with Gasteiger partial charge in [-0.3, -0.25) is 50.6 Å². The van der Waals surface area contributed by atoms with Crippen molar-refractivity contribution in [3.05, 3.63) is 258 Å². The predicted octanol–water partition coefficient (Wildman–Crippen LogP) is 21.7. The first-order valence-electron chi connectivity index (χ1n) is 45.7. The number of nitrogens with one attached hydrogen (secondary N) is 3. The number of halogens is 6. The van der Waals surface area contributed by atoms with Gasteiger partial charge in [-0.15, -0.1) is 0 Å². The maximum Gasteiger partial charge on any atom is 0.413 e. The van der Waals surface area contributed by atoms with Crippen LogP contribution in [-0.2, 0) is 47.2 Å². The molecule has 7 aromatic rings. The van der Waals surface area contributed by atoms with Crippen molar-refractivity contribution in [3.63, 3.8) is 0 Å². The number of thiocarbonyl (C=S) groups is 1. The normalized spacial score (nSPS) is 29.7. The van der Waals surface area contributed by atoms with Crippen LogP contribution >= 0.6 is 47.5 Å². The Morgan fingerprint density at radius 2 is 0.872 bits per heavy atom. The molecule has 0 radical (unpaired) electrons. The number of nitrogens with two attached hydrogens (primary N) is 2. The predicted molar refractivity (Wildman–Crippen MR) is 516 cm³/mol. The molecule has 133 heavy (non-hydrogen) atoms. The van der Waals surface area contributed by atoms with Crippen LogP contribution in [0.2, 0.25) is 0 Å². The maximum absolute atomic E-state index is 14.8. The third-order valence-electron chi connectivity index (χ3n) is 27.6. The number of alkyl carbamates (subject to hydrolysis) is 2. The number of nitro benzene ring substituents is 2. The molecule has 4 aliphatic heterocycles. The molecule has 6 aliphatic carbocycles. The number of ether oxygens (including phenoxy) is 3. The summed E-state index contributed by atoms with van der Waals surface area (Å²) in [5.41, 5.74) is 10.6. The lowest BCUT2D eigenvalue weighted by molar-refractivity contribution is -0.385. The fourth-order valence-corrected chi connectivity index (χ4v) is 26.1. The molecule has 7 aromatic carbocycles. The highest BCUT2D eigenvalue weighted by atomic mass is 32.2. The van der Waals surface area contributed by atoms with E-state index in [1.165, 1.54) is 60.3 Å². The topological polar surface area (TPSA) is 331 Å². The third-order valence-corrected chi connectivity index (χ3v) is 30.9. The average molecular weight is 1910 g/mol. The van der Waals surface area contributed by atoms with Crippen molar-refractivity contribution in [3.8, 4) is 0 Å². The zero-order valence-corrected chi connectivity index (χ0v) is 80.7. The molecule has 10 aliphatic rings. The van der Waals surface area contributed by atoms with E-state index in [-0.39, 0.29) is 106 Å². The second-order valence-corrected chi connectivity index (χ2v) is 43.7. The van der Waals surface area contributed by atoms with Gasteiger partial charge in [-0.1, -0.05) is 180 Å². The summed E-state index contributed by atoms with van der Waals surface area (Å²) in [4.78, 5) is 72.6. The summed E-state index contributed by atoms with van der Waals surface area (Å²) in [6.45, 7) is 24.9. The molecular formula is C101H124F6N10O12S4. The van der Waals surface area contributed by atoms with E-state index in [0.29, 0.717) is 110 Å². The summed E-state index contributed by atoms with van der Waals surface area (Å²) in [5.74, 6) is 3.61. The van der Waals surface area contributed by atoms with Crippen LogP contribution in [0.5, 0.6) is 0 Å². The minimum Gasteiger partial charge on any atom is -0.444 e. The Bertz CT molecular complexity index is 5320. The molecular weight excluding hydrogens is 1790 g/mol. The smallest absolute Gasteiger partial charge is 0.413 e. The molecule has 9 N–H and O–H groups in total. The molecule has 0 spiro atoms. The van der Waals surface area contributed by atoms with E-state index < -0.39 is 72.4 Å². The number of carbonyl (C=O) groups is 3. The maximum atomic E-state index is 14.8. The number of aliphatic imine (C=N–C) groups is 3. The monoisotopic (exact) mass is 1910 g/mol. The van der Waals surface area contributed by atoms with E-state index in [9.17, 15) is 71.2 Å². The summed E-state index contributed by atoms with van der Waals surface area (Å²) in [6, 6.07) is 43.5. The summed E-state index contributed by atoms with van der Waals surface area (Å²) in [7, 11) is 0. The molecule has 22 nitrogen and oxygen atoms in total. The van der Waals surface area contributed by atoms with Crippen LogP contribution in [0.25, 0.3) is 0 Å². The van der Waals surface area contributed by atoms with Gasteiger partial charge in [0.25, 0.3) is 17.3 Å². The number of nitrogens with zero attached hydrogens (tertiary/aromatic N) is 5. The van der Waals surface area contributed by atoms with Gasteiger partial charge in [-0.2, -0.15) is 0 Å². The van der Waals surface area contributed by atoms with Crippen molar-refractivity contribution in [2.45, 2.75) is 211 Å². The number of carbonyl (C=O) groups excluding carboxylic acids is 3. The Balaban J connectivity index is 0.000000146. The van der Waals surface area contributed by atoms with Crippen LogP contribution in [0, 0.1) is 126 Å². The zero-order chi connectivity index (χ0) is 96.5. The molecule has 32 heteroatoms. The quantitative estimate of drug-likeness (QED) is 0.0244. The number of hydrogen-bond acceptors (Lipinski definition) is 21. The average Bonchev–Trinajstić information content (AvgIpc) is 1.63. The number of aliphatic hydroxyl groups excluding tert-OH is 2. The van der Waals surface area contributed by atoms with Crippen LogP contribution in [0.4, 0.5) is 47.3 Å². The first-order valence-corrected chi connectivity index (χ1v) is 49.0. The SMILES string of the molecule is C[C@H]1C[C@@H](CO)[C@](CC(=S)NC(=O)c2ccccc2)(c2ccccc2F)C1.C[C@H]1C[C@@H](CO)[C@](N)(c2ccccc2F)C1.C[C@H]1C[C@H]2COC[C@@]2(c2ccccc2F)C1.C[C@H]1C[C@H]2CSC(N)=N[C@@]2(c2ccccc2F)C1.C[C@H]1C[C@H]2CSC(NC(=O)OC(C)(C)C)=N[C@@]2(c2cc([N+](=O)[O-])ccc2F)C1.C[C@H]1C[C@H]2CSC(NC(=O)OC(C)(C)C)=N[C@@]2(c2cc([N+](=O)[O-])ccc2F)C1. The molecule has 3 amide bonds. The Morgan fingerprint density at radius 1 is 0.489 bits per heavy atom. The highest BCUT2D eigenvalue weighted by molar-refractivity contribution is 8.14. The van der Waals surface area contributed by atoms with Gasteiger partial charge in [-0.25, -0.2) is 35.9 Å². The van der Waals surface area contributed by atoms with Crippen LogP contribution in [-0.4, -0.2) is 114 Å². The molecule has 0 bridgehead atoms. The van der Waals surface area contributed by atoms with E-state index in [4.69, 9.17) is 47.9 Å². The summed E-state index contributed by atoms with van der Waals surface area (Å²) in [6.07, 6.45) is 9.28. The zero-order valence-electron chi connectivity index (χ0n) is 77.4. The number of benzene rings is 7. The van der Waals surface area contributed by atoms with E-state index in [2.05, 4.69) is 62.5 Å². The van der Waals surface area contributed by atoms with Crippen molar-refractivity contribution in [2.75, 3.05) is 43.7 Å². The molecule has 4 heterocycles. The number of nitro groups is 2. The van der Waals surface area contributed by atoms with Crippen molar-refractivity contribution in [1.29, 1.82) is 0 Å². The van der Waals surface area contributed by atoms with Crippen LogP contribution < -0.4 is 27.4 Å². The molecule has 0 aromatic heterocycles. The Hall–Kier alpha value is -9.28. The van der Waals surface area contributed by atoms with Gasteiger partial charge >= 0.3 is 12.2 Å². The molecule has 1 saturated heterocycles. The number of thioether (sulfide) groups is 3. The third kappa shape index (κ3) is 23.7. The molecule has 18 atom stereocenters. The Labute approximate surface area is 793 Å². The summed E-state index contributed by atoms with van der Waals surface area (Å²) < 4.78 is 102. The van der Waals surface area contributed by atoms with Crippen LogP contribution in [0.15, 0.2) is 179 Å². The van der Waals surface area contributed by atoms with E-state index in [1.807, 2.05) is 36.4 Å². The number of amidine groups is 3. The van der Waals surface area contributed by atoms with Crippen molar-refractivity contribution in [1.82, 2.24) is 16.0 Å². The molecule has 0 unspecified atom stereocenters. The van der Waals surface area contributed by atoms with E-state index in [0.717, 1.165) is 106 Å². The Morgan fingerprint density at radius 3 is 1.32 bits per heavy atom. The van der Waals surface area contributed by atoms with Gasteiger partial charge in [0.15, 0.2) is 15.5 Å². The van der Waals surface area contributed by atoms with Gasteiger partial charge < -0.3 is 41.2 Å². The number of non-ortho nitro benzene ring substituents is 2. The molecule has 716 valence electrons. The number of rotatable bonds is 13. The molecule has 17 rings (SSSR count).